The zero-order valence-corrected chi connectivity index (χ0v) is 30.6. The van der Waals surface area contributed by atoms with Gasteiger partial charge in [0.1, 0.15) is 11.2 Å². The van der Waals surface area contributed by atoms with E-state index in [0.29, 0.717) is 0 Å². The van der Waals surface area contributed by atoms with Crippen LogP contribution in [-0.4, -0.2) is 0 Å². The lowest BCUT2D eigenvalue weighted by atomic mass is 9.94. The predicted octanol–water partition coefficient (Wildman–Crippen LogP) is 15.5. The quantitative estimate of drug-likeness (QED) is 0.160. The maximum atomic E-state index is 6.30. The van der Waals surface area contributed by atoms with Crippen LogP contribution in [0.2, 0.25) is 0 Å². The van der Waals surface area contributed by atoms with E-state index in [9.17, 15) is 0 Å². The maximum absolute atomic E-state index is 6.30. The highest BCUT2D eigenvalue weighted by atomic mass is 16.3. The van der Waals surface area contributed by atoms with Gasteiger partial charge >= 0.3 is 0 Å². The number of furan rings is 1. The Morgan fingerprint density at radius 2 is 0.929 bits per heavy atom. The molecule has 0 aliphatic heterocycles. The first-order valence-corrected chi connectivity index (χ1v) is 19.2. The molecule has 0 fully saturated rings. The normalized spacial score (nSPS) is 11.6. The number of fused-ring (bicyclic) bond motifs is 8. The van der Waals surface area contributed by atoms with Gasteiger partial charge in [0.25, 0.3) is 0 Å². The van der Waals surface area contributed by atoms with E-state index in [0.717, 1.165) is 50.1 Å². The van der Waals surface area contributed by atoms with Crippen LogP contribution in [0.1, 0.15) is 0 Å². The van der Waals surface area contributed by atoms with Crippen molar-refractivity contribution in [2.75, 3.05) is 4.90 Å². The van der Waals surface area contributed by atoms with Crippen molar-refractivity contribution in [3.63, 3.8) is 0 Å². The first-order valence-electron chi connectivity index (χ1n) is 19.2. The predicted molar refractivity (Wildman–Crippen MR) is 237 cm³/mol. The van der Waals surface area contributed by atoms with Crippen molar-refractivity contribution in [1.82, 2.24) is 0 Å². The Morgan fingerprint density at radius 1 is 0.304 bits per heavy atom. The molecule has 1 heterocycles. The minimum absolute atomic E-state index is 0.894. The summed E-state index contributed by atoms with van der Waals surface area (Å²) >= 11 is 0. The van der Waals surface area contributed by atoms with E-state index in [2.05, 4.69) is 205 Å². The zero-order valence-electron chi connectivity index (χ0n) is 30.6. The van der Waals surface area contributed by atoms with Crippen LogP contribution in [0.3, 0.4) is 0 Å². The van der Waals surface area contributed by atoms with Crippen LogP contribution in [0.5, 0.6) is 0 Å². The van der Waals surface area contributed by atoms with Gasteiger partial charge in [-0.25, -0.2) is 0 Å². The zero-order chi connectivity index (χ0) is 37.0. The van der Waals surface area contributed by atoms with E-state index in [1.54, 1.807) is 0 Å². The molecule has 262 valence electrons. The lowest BCUT2D eigenvalue weighted by molar-refractivity contribution is 0.669. The third kappa shape index (κ3) is 5.34. The van der Waals surface area contributed by atoms with Crippen LogP contribution in [0.25, 0.3) is 87.6 Å². The minimum atomic E-state index is 0.894. The van der Waals surface area contributed by atoms with Gasteiger partial charge in [-0.15, -0.1) is 0 Å². The topological polar surface area (TPSA) is 16.4 Å². The molecule has 56 heavy (non-hydrogen) atoms. The molecule has 0 aliphatic carbocycles. The smallest absolute Gasteiger partial charge is 0.136 e. The van der Waals surface area contributed by atoms with E-state index in [1.165, 1.54) is 54.6 Å². The van der Waals surface area contributed by atoms with Crippen molar-refractivity contribution < 1.29 is 4.42 Å². The Hall–Kier alpha value is -7.42. The van der Waals surface area contributed by atoms with Gasteiger partial charge in [0.15, 0.2) is 0 Å². The molecular formula is C54H35NO. The SMILES string of the molecule is c1ccc(-c2ccccc2N(c2ccc(-c3ccc4ccc5ccc6ccccc6c5c4c3)cc2)c2cccc(-c3cccc4oc5ccccc5c34)c2)cc1. The summed E-state index contributed by atoms with van der Waals surface area (Å²) in [5, 5.41) is 9.90. The largest absolute Gasteiger partial charge is 0.456 e. The Labute approximate surface area is 325 Å². The molecule has 0 saturated carbocycles. The van der Waals surface area contributed by atoms with Gasteiger partial charge < -0.3 is 9.32 Å². The maximum Gasteiger partial charge on any atom is 0.136 e. The van der Waals surface area contributed by atoms with Crippen LogP contribution in [0.4, 0.5) is 17.1 Å². The van der Waals surface area contributed by atoms with Gasteiger partial charge in [0, 0.05) is 27.7 Å². The number of rotatable bonds is 6. The van der Waals surface area contributed by atoms with Gasteiger partial charge in [-0.3, -0.25) is 0 Å². The van der Waals surface area contributed by atoms with Crippen LogP contribution < -0.4 is 4.90 Å². The summed E-state index contributed by atoms with van der Waals surface area (Å²) < 4.78 is 6.30. The number of benzene rings is 10. The molecule has 10 aromatic carbocycles. The highest BCUT2D eigenvalue weighted by molar-refractivity contribution is 6.20. The number of hydrogen-bond acceptors (Lipinski definition) is 2. The third-order valence-corrected chi connectivity index (χ3v) is 11.2. The summed E-state index contributed by atoms with van der Waals surface area (Å²) in [5.74, 6) is 0. The molecule has 2 nitrogen and oxygen atoms in total. The van der Waals surface area contributed by atoms with E-state index in [4.69, 9.17) is 4.42 Å². The average molecular weight is 714 g/mol. The van der Waals surface area contributed by atoms with Crippen molar-refractivity contribution >= 4 is 71.3 Å². The van der Waals surface area contributed by atoms with Gasteiger partial charge in [0.2, 0.25) is 0 Å². The molecule has 0 bridgehead atoms. The minimum Gasteiger partial charge on any atom is -0.456 e. The molecule has 2 heteroatoms. The number of nitrogens with zero attached hydrogens (tertiary/aromatic N) is 1. The summed E-state index contributed by atoms with van der Waals surface area (Å²) in [5.41, 5.74) is 12.1. The second-order valence-electron chi connectivity index (χ2n) is 14.5. The van der Waals surface area contributed by atoms with Crippen molar-refractivity contribution in [3.05, 3.63) is 212 Å². The molecule has 0 aliphatic rings. The highest BCUT2D eigenvalue weighted by Gasteiger charge is 2.19. The summed E-state index contributed by atoms with van der Waals surface area (Å²) in [6.45, 7) is 0. The standard InChI is InChI=1S/C54H35NO/c1-2-12-37(13-3-1)45-17-6-8-21-50(45)55(44-16-10-15-42(34-44)47-20-11-23-52-54(47)48-19-7-9-22-51(48)56-52)43-32-30-36(31-33-43)41-29-26-39-25-28-40-27-24-38-14-4-5-18-46(38)53(40)49(39)35-41/h1-35H. The molecule has 11 rings (SSSR count). The molecule has 0 saturated heterocycles. The molecule has 0 unspecified atom stereocenters. The van der Waals surface area contributed by atoms with E-state index >= 15 is 0 Å². The van der Waals surface area contributed by atoms with E-state index in [-0.39, 0.29) is 0 Å². The van der Waals surface area contributed by atoms with E-state index in [1.807, 2.05) is 12.1 Å². The van der Waals surface area contributed by atoms with Crippen molar-refractivity contribution in [2.24, 2.45) is 0 Å². The average Bonchev–Trinajstić information content (AvgIpc) is 3.66. The van der Waals surface area contributed by atoms with Crippen LogP contribution >= 0.6 is 0 Å². The summed E-state index contributed by atoms with van der Waals surface area (Å²) in [7, 11) is 0. The summed E-state index contributed by atoms with van der Waals surface area (Å²) in [6.07, 6.45) is 0. The van der Waals surface area contributed by atoms with E-state index < -0.39 is 0 Å². The van der Waals surface area contributed by atoms with Gasteiger partial charge in [-0.1, -0.05) is 164 Å². The molecular weight excluding hydrogens is 679 g/mol. The molecule has 11 aromatic rings. The second-order valence-corrected chi connectivity index (χ2v) is 14.5. The van der Waals surface area contributed by atoms with Crippen LogP contribution in [0.15, 0.2) is 217 Å². The van der Waals surface area contributed by atoms with Gasteiger partial charge in [-0.05, 0) is 109 Å². The summed E-state index contributed by atoms with van der Waals surface area (Å²) in [6, 6.07) is 76.5. The molecule has 1 aromatic heterocycles. The first-order chi connectivity index (χ1) is 27.8. The highest BCUT2D eigenvalue weighted by Crippen LogP contribution is 2.44. The fourth-order valence-corrected chi connectivity index (χ4v) is 8.59. The number of hydrogen-bond donors (Lipinski definition) is 0. The molecule has 0 N–H and O–H groups in total. The Morgan fingerprint density at radius 3 is 1.80 bits per heavy atom. The Kier molecular flexibility index (Phi) is 7.53. The van der Waals surface area contributed by atoms with Crippen LogP contribution in [0, 0.1) is 0 Å². The molecule has 0 amide bonds. The number of anilines is 3. The van der Waals surface area contributed by atoms with Crippen molar-refractivity contribution in [3.8, 4) is 33.4 Å². The van der Waals surface area contributed by atoms with Crippen molar-refractivity contribution in [1.29, 1.82) is 0 Å². The van der Waals surface area contributed by atoms with Gasteiger partial charge in [0.05, 0.1) is 5.69 Å². The Bertz CT molecular complexity index is 3240. The Balaban J connectivity index is 1.06. The third-order valence-electron chi connectivity index (χ3n) is 11.2. The first kappa shape index (κ1) is 32.0. The van der Waals surface area contributed by atoms with Gasteiger partial charge in [-0.2, -0.15) is 0 Å². The molecule has 0 radical (unpaired) electrons. The second kappa shape index (κ2) is 13.2. The number of para-hydroxylation sites is 2. The molecule has 0 atom stereocenters. The lowest BCUT2D eigenvalue weighted by Crippen LogP contribution is -2.11. The fraction of sp³-hybridized carbons (Fsp3) is 0. The lowest BCUT2D eigenvalue weighted by Gasteiger charge is -2.28. The molecule has 0 spiro atoms. The fourth-order valence-electron chi connectivity index (χ4n) is 8.59. The monoisotopic (exact) mass is 713 g/mol. The van der Waals surface area contributed by atoms with Crippen LogP contribution in [-0.2, 0) is 0 Å². The van der Waals surface area contributed by atoms with Crippen molar-refractivity contribution in [2.45, 2.75) is 0 Å². The summed E-state index contributed by atoms with van der Waals surface area (Å²) in [4.78, 5) is 2.39.